The Bertz CT molecular complexity index is 617. The number of aliphatic hydroxyl groups excluding tert-OH is 2. The van der Waals surface area contributed by atoms with E-state index in [0.717, 1.165) is 5.56 Å². The SMILES string of the molecule is CC(C)(C)[Si](C)(C)O[C@H]1[C@H](O)[C@H]2O[C@@H](c3ccccc3)OC[C@@H]2O[C@@H]1CO. The minimum absolute atomic E-state index is 0.0211. The number of rotatable bonds is 4. The van der Waals surface area contributed by atoms with Crippen LogP contribution in [0.2, 0.25) is 18.1 Å². The molecule has 2 N–H and O–H groups in total. The van der Waals surface area contributed by atoms with Crippen LogP contribution in [0.15, 0.2) is 30.3 Å². The Hall–Kier alpha value is -0.803. The van der Waals surface area contributed by atoms with Crippen LogP contribution in [-0.2, 0) is 18.6 Å². The predicted octanol–water partition coefficient (Wildman–Crippen LogP) is 2.61. The van der Waals surface area contributed by atoms with Gasteiger partial charge in [-0.2, -0.15) is 0 Å². The summed E-state index contributed by atoms with van der Waals surface area (Å²) in [6.45, 7) is 10.7. The van der Waals surface area contributed by atoms with Crippen molar-refractivity contribution in [3.8, 4) is 0 Å². The first-order valence-electron chi connectivity index (χ1n) is 9.58. The first-order valence-corrected chi connectivity index (χ1v) is 12.5. The molecule has 0 bridgehead atoms. The Morgan fingerprint density at radius 3 is 2.41 bits per heavy atom. The second kappa shape index (κ2) is 7.91. The molecule has 0 aromatic heterocycles. The Kier molecular flexibility index (Phi) is 6.13. The van der Waals surface area contributed by atoms with Gasteiger partial charge in [0.05, 0.1) is 13.2 Å². The molecule has 2 heterocycles. The lowest BCUT2D eigenvalue weighted by Gasteiger charge is -2.50. The van der Waals surface area contributed by atoms with Gasteiger partial charge in [0.15, 0.2) is 14.6 Å². The molecular weight excluding hydrogens is 364 g/mol. The third-order valence-corrected chi connectivity index (χ3v) is 10.4. The number of benzene rings is 1. The van der Waals surface area contributed by atoms with Gasteiger partial charge in [-0.1, -0.05) is 51.1 Å². The van der Waals surface area contributed by atoms with Crippen LogP contribution >= 0.6 is 0 Å². The van der Waals surface area contributed by atoms with Crippen LogP contribution < -0.4 is 0 Å². The summed E-state index contributed by atoms with van der Waals surface area (Å²) < 4.78 is 24.3. The lowest BCUT2D eigenvalue weighted by Crippen LogP contribution is -2.65. The number of ether oxygens (including phenoxy) is 3. The van der Waals surface area contributed by atoms with E-state index in [1.54, 1.807) is 0 Å². The molecule has 1 aromatic rings. The van der Waals surface area contributed by atoms with Gasteiger partial charge < -0.3 is 28.8 Å². The summed E-state index contributed by atoms with van der Waals surface area (Å²) in [7, 11) is -2.17. The summed E-state index contributed by atoms with van der Waals surface area (Å²) >= 11 is 0. The Morgan fingerprint density at radius 2 is 1.81 bits per heavy atom. The van der Waals surface area contributed by atoms with Crippen molar-refractivity contribution in [2.45, 2.75) is 75.7 Å². The van der Waals surface area contributed by atoms with Crippen molar-refractivity contribution >= 4 is 8.32 Å². The van der Waals surface area contributed by atoms with Gasteiger partial charge in [-0.15, -0.1) is 0 Å². The Balaban J connectivity index is 1.78. The zero-order valence-electron chi connectivity index (χ0n) is 16.8. The molecule has 6 atom stereocenters. The van der Waals surface area contributed by atoms with E-state index in [2.05, 4.69) is 33.9 Å². The van der Waals surface area contributed by atoms with Crippen molar-refractivity contribution < 1.29 is 28.8 Å². The van der Waals surface area contributed by atoms with Gasteiger partial charge in [-0.3, -0.25) is 0 Å². The van der Waals surface area contributed by atoms with Crippen molar-refractivity contribution in [3.05, 3.63) is 35.9 Å². The van der Waals surface area contributed by atoms with Crippen LogP contribution in [0, 0.1) is 0 Å². The van der Waals surface area contributed by atoms with Crippen LogP contribution in [0.25, 0.3) is 0 Å². The van der Waals surface area contributed by atoms with Crippen LogP contribution in [0.5, 0.6) is 0 Å². The third-order valence-electron chi connectivity index (χ3n) is 5.94. The van der Waals surface area contributed by atoms with Crippen LogP contribution in [0.3, 0.4) is 0 Å². The highest BCUT2D eigenvalue weighted by Gasteiger charge is 2.52. The maximum atomic E-state index is 11.1. The first kappa shape index (κ1) is 20.9. The Morgan fingerprint density at radius 1 is 1.15 bits per heavy atom. The molecule has 27 heavy (non-hydrogen) atoms. The van der Waals surface area contributed by atoms with Crippen molar-refractivity contribution in [2.24, 2.45) is 0 Å². The second-order valence-electron chi connectivity index (χ2n) is 8.91. The molecular formula is C20H32O6Si. The fraction of sp³-hybridized carbons (Fsp3) is 0.700. The van der Waals surface area contributed by atoms with Crippen LogP contribution in [0.1, 0.15) is 32.6 Å². The molecule has 2 fully saturated rings. The average molecular weight is 397 g/mol. The van der Waals surface area contributed by atoms with Gasteiger partial charge >= 0.3 is 0 Å². The molecule has 0 saturated carbocycles. The van der Waals surface area contributed by atoms with E-state index < -0.39 is 45.1 Å². The minimum Gasteiger partial charge on any atom is -0.408 e. The summed E-state index contributed by atoms with van der Waals surface area (Å²) in [4.78, 5) is 0. The van der Waals surface area contributed by atoms with E-state index in [9.17, 15) is 10.2 Å². The van der Waals surface area contributed by atoms with Gasteiger partial charge in [0.2, 0.25) is 0 Å². The molecule has 0 radical (unpaired) electrons. The van der Waals surface area contributed by atoms with E-state index in [1.807, 2.05) is 30.3 Å². The van der Waals surface area contributed by atoms with E-state index >= 15 is 0 Å². The van der Waals surface area contributed by atoms with Crippen molar-refractivity contribution in [1.29, 1.82) is 0 Å². The zero-order valence-corrected chi connectivity index (χ0v) is 17.8. The molecule has 152 valence electrons. The van der Waals surface area contributed by atoms with Gasteiger partial charge in [0.25, 0.3) is 0 Å². The number of hydrogen-bond donors (Lipinski definition) is 2. The first-order chi connectivity index (χ1) is 12.6. The smallest absolute Gasteiger partial charge is 0.192 e. The van der Waals surface area contributed by atoms with Crippen LogP contribution in [0.4, 0.5) is 0 Å². The Labute approximate surface area is 162 Å². The molecule has 2 aliphatic heterocycles. The number of hydrogen-bond acceptors (Lipinski definition) is 6. The minimum atomic E-state index is -2.17. The molecule has 0 spiro atoms. The van der Waals surface area contributed by atoms with Gasteiger partial charge in [0, 0.05) is 5.56 Å². The van der Waals surface area contributed by atoms with Crippen LogP contribution in [-0.4, -0.2) is 62.3 Å². The summed E-state index contributed by atoms with van der Waals surface area (Å²) in [5, 5.41) is 20.9. The molecule has 3 rings (SSSR count). The molecule has 1 aromatic carbocycles. The molecule has 0 amide bonds. The number of aliphatic hydroxyl groups is 2. The maximum Gasteiger partial charge on any atom is 0.192 e. The fourth-order valence-corrected chi connectivity index (χ4v) is 4.59. The average Bonchev–Trinajstić information content (AvgIpc) is 2.63. The van der Waals surface area contributed by atoms with E-state index in [0.29, 0.717) is 6.61 Å². The molecule has 2 aliphatic rings. The van der Waals surface area contributed by atoms with E-state index in [4.69, 9.17) is 18.6 Å². The standard InChI is InChI=1S/C20H32O6Si/c1-20(2,3)27(4,5)26-18-14(11-21)24-15-12-23-19(25-17(15)16(18)22)13-9-7-6-8-10-13/h6-10,14-19,21-22H,11-12H2,1-5H3/t14-,15+,16-,17+,18-,19+/m1/s1. The predicted molar refractivity (Wildman–Crippen MR) is 104 cm³/mol. The molecule has 6 nitrogen and oxygen atoms in total. The number of fused-ring (bicyclic) bond motifs is 1. The zero-order chi connectivity index (χ0) is 19.8. The summed E-state index contributed by atoms with van der Waals surface area (Å²) in [6, 6.07) is 9.64. The lowest BCUT2D eigenvalue weighted by molar-refractivity contribution is -0.328. The van der Waals surface area contributed by atoms with Gasteiger partial charge in [0.1, 0.15) is 30.5 Å². The monoisotopic (exact) mass is 396 g/mol. The maximum absolute atomic E-state index is 11.1. The van der Waals surface area contributed by atoms with Crippen molar-refractivity contribution in [1.82, 2.24) is 0 Å². The quantitative estimate of drug-likeness (QED) is 0.762. The highest BCUT2D eigenvalue weighted by molar-refractivity contribution is 6.74. The topological polar surface area (TPSA) is 77.4 Å². The lowest BCUT2D eigenvalue weighted by atomic mass is 9.94. The largest absolute Gasteiger partial charge is 0.408 e. The summed E-state index contributed by atoms with van der Waals surface area (Å²) in [6.07, 6.45) is -3.68. The summed E-state index contributed by atoms with van der Waals surface area (Å²) in [5.41, 5.74) is 0.897. The van der Waals surface area contributed by atoms with E-state index in [1.165, 1.54) is 0 Å². The highest BCUT2D eigenvalue weighted by Crippen LogP contribution is 2.41. The van der Waals surface area contributed by atoms with Crippen molar-refractivity contribution in [2.75, 3.05) is 13.2 Å². The molecule has 2 saturated heterocycles. The second-order valence-corrected chi connectivity index (χ2v) is 13.7. The fourth-order valence-electron chi connectivity index (χ4n) is 3.27. The van der Waals surface area contributed by atoms with E-state index in [-0.39, 0.29) is 11.6 Å². The molecule has 7 heteroatoms. The van der Waals surface area contributed by atoms with Crippen molar-refractivity contribution in [3.63, 3.8) is 0 Å². The highest BCUT2D eigenvalue weighted by atomic mass is 28.4. The van der Waals surface area contributed by atoms with Gasteiger partial charge in [-0.05, 0) is 18.1 Å². The molecule has 0 aliphatic carbocycles. The third kappa shape index (κ3) is 4.29. The molecule has 0 unspecified atom stereocenters. The summed E-state index contributed by atoms with van der Waals surface area (Å²) in [5.74, 6) is 0. The normalized spacial score (nSPS) is 34.9. The van der Waals surface area contributed by atoms with Gasteiger partial charge in [-0.25, -0.2) is 0 Å².